The zero-order chi connectivity index (χ0) is 17.3. The number of hydrogen-bond acceptors (Lipinski definition) is 5. The molecule has 0 saturated carbocycles. The summed E-state index contributed by atoms with van der Waals surface area (Å²) in [5, 5.41) is 4.04. The molecule has 3 rings (SSSR count). The lowest BCUT2D eigenvalue weighted by molar-refractivity contribution is -0.120. The number of aromatic nitrogens is 2. The van der Waals surface area contributed by atoms with Crippen LogP contribution in [0.3, 0.4) is 0 Å². The maximum Gasteiger partial charge on any atom is 0.263 e. The fourth-order valence-electron chi connectivity index (χ4n) is 2.84. The topological polar surface area (TPSA) is 64.0 Å². The molecule has 0 aliphatic carbocycles. The van der Waals surface area contributed by atoms with Crippen LogP contribution in [0.25, 0.3) is 10.2 Å². The van der Waals surface area contributed by atoms with E-state index in [9.17, 15) is 9.59 Å². The summed E-state index contributed by atoms with van der Waals surface area (Å²) in [6.07, 6.45) is 4.50. The Labute approximate surface area is 149 Å². The van der Waals surface area contributed by atoms with E-state index in [4.69, 9.17) is 4.98 Å². The van der Waals surface area contributed by atoms with Crippen LogP contribution in [-0.4, -0.2) is 27.3 Å². The van der Waals surface area contributed by atoms with Crippen LogP contribution in [0.15, 0.2) is 22.6 Å². The molecule has 128 valence electrons. The molecule has 0 aromatic carbocycles. The summed E-state index contributed by atoms with van der Waals surface area (Å²) in [7, 11) is 0. The van der Waals surface area contributed by atoms with Crippen molar-refractivity contribution in [3.63, 3.8) is 0 Å². The molecule has 2 aromatic rings. The normalized spacial score (nSPS) is 18.4. The van der Waals surface area contributed by atoms with Crippen molar-refractivity contribution in [3.8, 4) is 0 Å². The van der Waals surface area contributed by atoms with Gasteiger partial charge in [-0.1, -0.05) is 24.3 Å². The van der Waals surface area contributed by atoms with Crippen molar-refractivity contribution in [2.75, 3.05) is 6.54 Å². The molecule has 1 atom stereocenters. The number of thioether (sulfide) groups is 1. The highest BCUT2D eigenvalue weighted by Gasteiger charge is 2.25. The molecule has 24 heavy (non-hydrogen) atoms. The Morgan fingerprint density at radius 3 is 2.96 bits per heavy atom. The van der Waals surface area contributed by atoms with Crippen LogP contribution in [0.1, 0.15) is 29.7 Å². The van der Waals surface area contributed by atoms with Gasteiger partial charge in [-0.2, -0.15) is 0 Å². The zero-order valence-electron chi connectivity index (χ0n) is 13.9. The number of hydrogen-bond donors (Lipinski definition) is 1. The van der Waals surface area contributed by atoms with Gasteiger partial charge in [0.1, 0.15) is 4.83 Å². The second-order valence-electron chi connectivity index (χ2n) is 5.96. The molecule has 5 nitrogen and oxygen atoms in total. The van der Waals surface area contributed by atoms with Crippen LogP contribution in [0.5, 0.6) is 0 Å². The summed E-state index contributed by atoms with van der Waals surface area (Å²) in [6.45, 7) is 8.84. The van der Waals surface area contributed by atoms with Gasteiger partial charge in [0.05, 0.1) is 10.6 Å². The van der Waals surface area contributed by atoms with Gasteiger partial charge in [-0.3, -0.25) is 14.2 Å². The third-order valence-electron chi connectivity index (χ3n) is 4.30. The van der Waals surface area contributed by atoms with E-state index in [0.717, 1.165) is 41.1 Å². The number of aryl methyl sites for hydroxylation is 2. The second-order valence-corrected chi connectivity index (χ2v) is 8.33. The van der Waals surface area contributed by atoms with Crippen molar-refractivity contribution in [2.45, 2.75) is 50.1 Å². The number of fused-ring (bicyclic) bond motifs is 1. The molecule has 1 unspecified atom stereocenters. The molecule has 1 amide bonds. The number of amides is 1. The van der Waals surface area contributed by atoms with Crippen molar-refractivity contribution in [1.29, 1.82) is 0 Å². The van der Waals surface area contributed by atoms with Gasteiger partial charge in [-0.15, -0.1) is 17.9 Å². The number of carbonyl (C=O) groups is 1. The van der Waals surface area contributed by atoms with Gasteiger partial charge in [0.25, 0.3) is 5.56 Å². The van der Waals surface area contributed by atoms with E-state index in [2.05, 4.69) is 11.9 Å². The lowest BCUT2D eigenvalue weighted by Gasteiger charge is -2.15. The number of nitrogens with zero attached hydrogens (tertiary/aromatic N) is 2. The summed E-state index contributed by atoms with van der Waals surface area (Å²) in [5.74, 6) is 0.0375. The Bertz CT molecular complexity index is 854. The van der Waals surface area contributed by atoms with Gasteiger partial charge in [-0.05, 0) is 32.3 Å². The summed E-state index contributed by atoms with van der Waals surface area (Å²) >= 11 is 2.93. The molecule has 1 aliphatic rings. The smallest absolute Gasteiger partial charge is 0.263 e. The second kappa shape index (κ2) is 7.11. The van der Waals surface area contributed by atoms with Gasteiger partial charge in [-0.25, -0.2) is 4.98 Å². The van der Waals surface area contributed by atoms with E-state index < -0.39 is 0 Å². The maximum absolute atomic E-state index is 12.9. The van der Waals surface area contributed by atoms with Gasteiger partial charge in [0, 0.05) is 18.0 Å². The minimum atomic E-state index is -0.199. The number of rotatable bonds is 4. The van der Waals surface area contributed by atoms with Crippen LogP contribution < -0.4 is 10.9 Å². The standard InChI is InChI=1S/C17H21N3O2S2/c1-4-9-20-16(22)13-10(2)11(3)23-15(13)19-17(20)24-12-7-5-6-8-18-14(12)21/h4,12H,1,5-9H2,2-3H3,(H,18,21). The lowest BCUT2D eigenvalue weighted by Crippen LogP contribution is -2.32. The minimum Gasteiger partial charge on any atom is -0.355 e. The number of allylic oxidation sites excluding steroid dienone is 1. The Morgan fingerprint density at radius 1 is 1.42 bits per heavy atom. The summed E-state index contributed by atoms with van der Waals surface area (Å²) in [5.41, 5.74) is 0.951. The lowest BCUT2D eigenvalue weighted by atomic mass is 10.2. The Kier molecular flexibility index (Phi) is 5.10. The molecule has 2 aromatic heterocycles. The predicted octanol–water partition coefficient (Wildman–Crippen LogP) is 3.02. The molecule has 0 bridgehead atoms. The first-order chi connectivity index (χ1) is 11.5. The first-order valence-corrected chi connectivity index (χ1v) is 9.78. The van der Waals surface area contributed by atoms with Gasteiger partial charge >= 0.3 is 0 Å². The largest absolute Gasteiger partial charge is 0.355 e. The Hall–Kier alpha value is -1.60. The monoisotopic (exact) mass is 363 g/mol. The SMILES string of the molecule is C=CCn1c(SC2CCCCNC2=O)nc2sc(C)c(C)c2c1=O. The van der Waals surface area contributed by atoms with E-state index in [-0.39, 0.29) is 16.7 Å². The molecule has 1 saturated heterocycles. The molecule has 0 radical (unpaired) electrons. The van der Waals surface area contributed by atoms with Crippen LogP contribution in [0, 0.1) is 13.8 Å². The summed E-state index contributed by atoms with van der Waals surface area (Å²) < 4.78 is 1.64. The summed E-state index contributed by atoms with van der Waals surface area (Å²) in [4.78, 5) is 31.7. The molecule has 7 heteroatoms. The van der Waals surface area contributed by atoms with Gasteiger partial charge < -0.3 is 5.32 Å². The molecular formula is C17H21N3O2S2. The number of nitrogens with one attached hydrogen (secondary N) is 1. The van der Waals surface area contributed by atoms with Crippen LogP contribution in [0.4, 0.5) is 0 Å². The summed E-state index contributed by atoms with van der Waals surface area (Å²) in [6, 6.07) is 0. The molecule has 3 heterocycles. The van der Waals surface area contributed by atoms with E-state index in [1.807, 2.05) is 13.8 Å². The highest BCUT2D eigenvalue weighted by molar-refractivity contribution is 8.00. The first-order valence-electron chi connectivity index (χ1n) is 8.08. The van der Waals surface area contributed by atoms with Crippen LogP contribution >= 0.6 is 23.1 Å². The van der Waals surface area contributed by atoms with Gasteiger partial charge in [0.15, 0.2) is 5.16 Å². The fraction of sp³-hybridized carbons (Fsp3) is 0.471. The van der Waals surface area contributed by atoms with Crippen LogP contribution in [0.2, 0.25) is 0 Å². The quantitative estimate of drug-likeness (QED) is 0.670. The van der Waals surface area contributed by atoms with E-state index in [1.54, 1.807) is 10.6 Å². The fourth-order valence-corrected chi connectivity index (χ4v) is 5.08. The average molecular weight is 364 g/mol. The molecule has 1 fully saturated rings. The van der Waals surface area contributed by atoms with Crippen molar-refractivity contribution >= 4 is 39.2 Å². The van der Waals surface area contributed by atoms with E-state index >= 15 is 0 Å². The predicted molar refractivity (Wildman–Crippen MR) is 100 cm³/mol. The highest BCUT2D eigenvalue weighted by atomic mass is 32.2. The van der Waals surface area contributed by atoms with E-state index in [0.29, 0.717) is 17.1 Å². The average Bonchev–Trinajstić information content (AvgIpc) is 2.70. The van der Waals surface area contributed by atoms with Crippen molar-refractivity contribution in [3.05, 3.63) is 33.4 Å². The molecular weight excluding hydrogens is 342 g/mol. The first kappa shape index (κ1) is 17.2. The van der Waals surface area contributed by atoms with Crippen molar-refractivity contribution in [1.82, 2.24) is 14.9 Å². The molecule has 1 aliphatic heterocycles. The Morgan fingerprint density at radius 2 is 2.21 bits per heavy atom. The minimum absolute atomic E-state index is 0.0375. The number of thiophene rings is 1. The van der Waals surface area contributed by atoms with Crippen molar-refractivity contribution in [2.24, 2.45) is 0 Å². The molecule has 1 N–H and O–H groups in total. The maximum atomic E-state index is 12.9. The van der Waals surface area contributed by atoms with E-state index in [1.165, 1.54) is 23.1 Å². The zero-order valence-corrected chi connectivity index (χ0v) is 15.6. The third kappa shape index (κ3) is 3.15. The molecule has 0 spiro atoms. The third-order valence-corrected chi connectivity index (χ3v) is 6.66. The van der Waals surface area contributed by atoms with Crippen LogP contribution in [-0.2, 0) is 11.3 Å². The Balaban J connectivity index is 2.08. The number of carbonyl (C=O) groups excluding carboxylic acids is 1. The van der Waals surface area contributed by atoms with Gasteiger partial charge in [0.2, 0.25) is 5.91 Å². The highest BCUT2D eigenvalue weighted by Crippen LogP contribution is 2.31. The van der Waals surface area contributed by atoms with Crippen molar-refractivity contribution < 1.29 is 4.79 Å².